The summed E-state index contributed by atoms with van der Waals surface area (Å²) < 4.78 is 11.2. The van der Waals surface area contributed by atoms with Gasteiger partial charge in [0.05, 0.1) is 6.54 Å². The average Bonchev–Trinajstić information content (AvgIpc) is 2.75. The van der Waals surface area contributed by atoms with Gasteiger partial charge in [-0.25, -0.2) is 0 Å². The van der Waals surface area contributed by atoms with Crippen molar-refractivity contribution in [3.63, 3.8) is 0 Å². The van der Waals surface area contributed by atoms with E-state index < -0.39 is 0 Å². The number of halogens is 1. The molecule has 0 aliphatic carbocycles. The SMILES string of the molecule is CCNC(=NCC(C)N1CCN(CC)CC1)NCCCOCC1CCOCC1.I. The topological polar surface area (TPSA) is 61.4 Å². The normalized spacial score (nSPS) is 20.9. The molecule has 0 aromatic heterocycles. The van der Waals surface area contributed by atoms with Gasteiger partial charge in [0.25, 0.3) is 0 Å². The van der Waals surface area contributed by atoms with Crippen molar-refractivity contribution < 1.29 is 9.47 Å². The molecule has 8 heteroatoms. The van der Waals surface area contributed by atoms with Crippen LogP contribution >= 0.6 is 24.0 Å². The lowest BCUT2D eigenvalue weighted by atomic mass is 10.0. The number of guanidine groups is 1. The first kappa shape index (κ1) is 26.9. The number of ether oxygens (including phenoxy) is 2. The molecule has 2 fully saturated rings. The lowest BCUT2D eigenvalue weighted by Crippen LogP contribution is -2.50. The Morgan fingerprint density at radius 2 is 1.86 bits per heavy atom. The van der Waals surface area contributed by atoms with Crippen molar-refractivity contribution >= 4 is 29.9 Å². The highest BCUT2D eigenvalue weighted by Crippen LogP contribution is 2.14. The second-order valence-corrected chi connectivity index (χ2v) is 7.95. The van der Waals surface area contributed by atoms with Gasteiger partial charge in [-0.2, -0.15) is 0 Å². The summed E-state index contributed by atoms with van der Waals surface area (Å²) in [5.41, 5.74) is 0. The molecule has 2 saturated heterocycles. The molecule has 0 amide bonds. The third-order valence-corrected chi connectivity index (χ3v) is 5.79. The Balaban J connectivity index is 0.00000420. The fourth-order valence-electron chi connectivity index (χ4n) is 3.75. The van der Waals surface area contributed by atoms with Gasteiger partial charge in [-0.05, 0) is 45.6 Å². The highest BCUT2D eigenvalue weighted by atomic mass is 127. The Morgan fingerprint density at radius 3 is 2.52 bits per heavy atom. The van der Waals surface area contributed by atoms with E-state index in [0.29, 0.717) is 12.0 Å². The summed E-state index contributed by atoms with van der Waals surface area (Å²) in [6.07, 6.45) is 3.28. The number of hydrogen-bond acceptors (Lipinski definition) is 5. The molecular formula is C21H44IN5O2. The third kappa shape index (κ3) is 11.1. The van der Waals surface area contributed by atoms with E-state index >= 15 is 0 Å². The van der Waals surface area contributed by atoms with Gasteiger partial charge in [0, 0.05) is 71.7 Å². The number of aliphatic imine (C=N–C) groups is 1. The van der Waals surface area contributed by atoms with Crippen LogP contribution in [0.1, 0.15) is 40.0 Å². The van der Waals surface area contributed by atoms with Crippen molar-refractivity contribution in [2.45, 2.75) is 46.1 Å². The van der Waals surface area contributed by atoms with Gasteiger partial charge in [-0.1, -0.05) is 6.92 Å². The smallest absolute Gasteiger partial charge is 0.191 e. The quantitative estimate of drug-likeness (QED) is 0.186. The van der Waals surface area contributed by atoms with Crippen molar-refractivity contribution in [3.05, 3.63) is 0 Å². The number of piperazine rings is 1. The molecule has 0 radical (unpaired) electrons. The minimum Gasteiger partial charge on any atom is -0.381 e. The number of nitrogens with zero attached hydrogens (tertiary/aromatic N) is 3. The van der Waals surface area contributed by atoms with E-state index in [2.05, 4.69) is 41.2 Å². The maximum atomic E-state index is 5.84. The van der Waals surface area contributed by atoms with Crippen LogP contribution in [0.15, 0.2) is 4.99 Å². The maximum absolute atomic E-state index is 5.84. The van der Waals surface area contributed by atoms with Crippen LogP contribution in [0.3, 0.4) is 0 Å². The molecule has 2 aliphatic rings. The van der Waals surface area contributed by atoms with Gasteiger partial charge < -0.3 is 25.0 Å². The second-order valence-electron chi connectivity index (χ2n) is 7.95. The Labute approximate surface area is 195 Å². The zero-order chi connectivity index (χ0) is 20.0. The molecule has 1 unspecified atom stereocenters. The second kappa shape index (κ2) is 16.5. The van der Waals surface area contributed by atoms with Crippen molar-refractivity contribution in [2.24, 2.45) is 10.9 Å². The van der Waals surface area contributed by atoms with Crippen LogP contribution in [0, 0.1) is 5.92 Å². The molecule has 0 bridgehead atoms. The molecular weight excluding hydrogens is 481 g/mol. The van der Waals surface area contributed by atoms with Crippen LogP contribution in [0.4, 0.5) is 0 Å². The zero-order valence-corrected chi connectivity index (χ0v) is 21.2. The largest absolute Gasteiger partial charge is 0.381 e. The average molecular weight is 526 g/mol. The minimum atomic E-state index is 0. The van der Waals surface area contributed by atoms with Gasteiger partial charge in [0.1, 0.15) is 0 Å². The number of rotatable bonds is 11. The van der Waals surface area contributed by atoms with Crippen molar-refractivity contribution in [1.29, 1.82) is 0 Å². The molecule has 0 saturated carbocycles. The predicted octanol–water partition coefficient (Wildman–Crippen LogP) is 2.02. The molecule has 7 nitrogen and oxygen atoms in total. The molecule has 0 aromatic carbocycles. The van der Waals surface area contributed by atoms with Crippen molar-refractivity contribution in [1.82, 2.24) is 20.4 Å². The summed E-state index contributed by atoms with van der Waals surface area (Å²) >= 11 is 0. The fourth-order valence-corrected chi connectivity index (χ4v) is 3.75. The molecule has 29 heavy (non-hydrogen) atoms. The summed E-state index contributed by atoms with van der Waals surface area (Å²) in [6.45, 7) is 18.5. The van der Waals surface area contributed by atoms with E-state index in [-0.39, 0.29) is 24.0 Å². The minimum absolute atomic E-state index is 0. The summed E-state index contributed by atoms with van der Waals surface area (Å²) in [4.78, 5) is 9.88. The Kier molecular flexibility index (Phi) is 15.3. The van der Waals surface area contributed by atoms with Crippen LogP contribution in [0.2, 0.25) is 0 Å². The van der Waals surface area contributed by atoms with Crippen molar-refractivity contribution in [2.75, 3.05) is 78.8 Å². The number of nitrogens with one attached hydrogen (secondary N) is 2. The van der Waals surface area contributed by atoms with Crippen LogP contribution < -0.4 is 10.6 Å². The van der Waals surface area contributed by atoms with Crippen LogP contribution in [-0.2, 0) is 9.47 Å². The first-order valence-corrected chi connectivity index (χ1v) is 11.4. The van der Waals surface area contributed by atoms with Gasteiger partial charge in [-0.15, -0.1) is 24.0 Å². The summed E-state index contributed by atoms with van der Waals surface area (Å²) in [5.74, 6) is 1.60. The van der Waals surface area contributed by atoms with Crippen molar-refractivity contribution in [3.8, 4) is 0 Å². The Bertz CT molecular complexity index is 427. The molecule has 172 valence electrons. The monoisotopic (exact) mass is 525 g/mol. The first-order chi connectivity index (χ1) is 13.7. The predicted molar refractivity (Wildman–Crippen MR) is 132 cm³/mol. The summed E-state index contributed by atoms with van der Waals surface area (Å²) in [5, 5.41) is 6.80. The van der Waals surface area contributed by atoms with E-state index in [1.807, 2.05) is 0 Å². The third-order valence-electron chi connectivity index (χ3n) is 5.79. The standard InChI is InChI=1S/C21H43N5O2.HI/c1-4-22-21(23-9-6-14-28-18-20-7-15-27-16-8-20)24-17-19(3)26-12-10-25(5-2)11-13-26;/h19-20H,4-18H2,1-3H3,(H2,22,23,24);1H. The zero-order valence-electron chi connectivity index (χ0n) is 18.8. The Morgan fingerprint density at radius 1 is 1.14 bits per heavy atom. The van der Waals surface area contributed by atoms with E-state index in [9.17, 15) is 0 Å². The van der Waals surface area contributed by atoms with E-state index in [0.717, 1.165) is 90.9 Å². The highest BCUT2D eigenvalue weighted by Gasteiger charge is 2.20. The molecule has 2 N–H and O–H groups in total. The van der Waals surface area contributed by atoms with Gasteiger partial charge in [0.15, 0.2) is 5.96 Å². The summed E-state index contributed by atoms with van der Waals surface area (Å²) in [6, 6.07) is 0.484. The van der Waals surface area contributed by atoms with Gasteiger partial charge in [-0.3, -0.25) is 9.89 Å². The fraction of sp³-hybridized carbons (Fsp3) is 0.952. The molecule has 0 spiro atoms. The van der Waals surface area contributed by atoms with E-state index in [4.69, 9.17) is 14.5 Å². The molecule has 2 rings (SSSR count). The summed E-state index contributed by atoms with van der Waals surface area (Å²) in [7, 11) is 0. The first-order valence-electron chi connectivity index (χ1n) is 11.4. The van der Waals surface area contributed by atoms with Gasteiger partial charge in [0.2, 0.25) is 0 Å². The number of likely N-dealkylation sites (N-methyl/N-ethyl adjacent to an activating group) is 1. The maximum Gasteiger partial charge on any atom is 0.191 e. The lowest BCUT2D eigenvalue weighted by molar-refractivity contribution is 0.0203. The van der Waals surface area contributed by atoms with Gasteiger partial charge >= 0.3 is 0 Å². The van der Waals surface area contributed by atoms with E-state index in [1.54, 1.807) is 0 Å². The molecule has 0 aromatic rings. The van der Waals surface area contributed by atoms with Crippen LogP contribution in [0.25, 0.3) is 0 Å². The molecule has 2 aliphatic heterocycles. The highest BCUT2D eigenvalue weighted by molar-refractivity contribution is 14.0. The number of hydrogen-bond donors (Lipinski definition) is 2. The molecule has 1 atom stereocenters. The van der Waals surface area contributed by atoms with Crippen LogP contribution in [0.5, 0.6) is 0 Å². The molecule has 2 heterocycles. The lowest BCUT2D eigenvalue weighted by Gasteiger charge is -2.37. The van der Waals surface area contributed by atoms with Crippen LogP contribution in [-0.4, -0.2) is 101 Å². The Hall–Kier alpha value is -0.160. The van der Waals surface area contributed by atoms with E-state index in [1.165, 1.54) is 13.1 Å².